The molecule has 1 rings (SSSR count). The summed E-state index contributed by atoms with van der Waals surface area (Å²) in [4.78, 5) is 20.5. The minimum absolute atomic E-state index is 0.279. The number of rotatable bonds is 5. The molecule has 1 N–H and O–H groups in total. The molecule has 0 spiro atoms. The van der Waals surface area contributed by atoms with E-state index in [-0.39, 0.29) is 5.02 Å². The molecule has 20 heavy (non-hydrogen) atoms. The third-order valence-corrected chi connectivity index (χ3v) is 4.83. The summed E-state index contributed by atoms with van der Waals surface area (Å²) in [5.74, 6) is -0.409. The molecule has 0 saturated heterocycles. The highest BCUT2D eigenvalue weighted by Gasteiger charge is 2.29. The van der Waals surface area contributed by atoms with Crippen LogP contribution in [-0.4, -0.2) is 25.2 Å². The quantitative estimate of drug-likeness (QED) is 0.652. The molecule has 0 aliphatic carbocycles. The zero-order valence-electron chi connectivity index (χ0n) is 10.4. The van der Waals surface area contributed by atoms with Gasteiger partial charge in [0.2, 0.25) is 10.0 Å². The number of nitrogens with zero attached hydrogens (tertiary/aromatic N) is 1. The van der Waals surface area contributed by atoms with Crippen LogP contribution >= 0.6 is 23.2 Å². The molecule has 1 aromatic carbocycles. The van der Waals surface area contributed by atoms with Gasteiger partial charge in [-0.3, -0.25) is 14.9 Å². The molecule has 1 atom stereocenters. The van der Waals surface area contributed by atoms with Crippen LogP contribution in [0.3, 0.4) is 0 Å². The topological polar surface area (TPSA) is 106 Å². The van der Waals surface area contributed by atoms with Gasteiger partial charge in [-0.2, -0.15) is 0 Å². The number of hydrogen-bond acceptors (Lipinski definition) is 5. The van der Waals surface area contributed by atoms with Crippen molar-refractivity contribution >= 4 is 44.7 Å². The number of carbonyl (C=O) groups is 1. The van der Waals surface area contributed by atoms with E-state index < -0.39 is 42.4 Å². The lowest BCUT2D eigenvalue weighted by atomic mass is 10.3. The Hall–Kier alpha value is -1.22. The number of Topliss-reactive ketones (excluding diaryl/α,β-unsaturated/α-hetero) is 1. The SMILES string of the molecule is CC(=O)C(C)NS(=O)(=O)c1ccc(Cl)c([N+](=O)[O-])c1Cl. The van der Waals surface area contributed by atoms with Gasteiger partial charge in [-0.1, -0.05) is 23.2 Å². The van der Waals surface area contributed by atoms with Gasteiger partial charge in [0.15, 0.2) is 0 Å². The Morgan fingerprint density at radius 1 is 1.40 bits per heavy atom. The number of nitro groups is 1. The van der Waals surface area contributed by atoms with E-state index in [1.54, 1.807) is 0 Å². The van der Waals surface area contributed by atoms with Crippen molar-refractivity contribution in [2.75, 3.05) is 0 Å². The summed E-state index contributed by atoms with van der Waals surface area (Å²) in [6, 6.07) is 1.11. The first-order chi connectivity index (χ1) is 9.08. The molecule has 0 radical (unpaired) electrons. The van der Waals surface area contributed by atoms with E-state index in [1.165, 1.54) is 13.8 Å². The number of benzene rings is 1. The Balaban J connectivity index is 3.37. The highest BCUT2D eigenvalue weighted by molar-refractivity contribution is 7.89. The van der Waals surface area contributed by atoms with Crippen LogP contribution in [0.2, 0.25) is 10.0 Å². The maximum absolute atomic E-state index is 12.0. The highest BCUT2D eigenvalue weighted by Crippen LogP contribution is 2.37. The molecule has 0 heterocycles. The van der Waals surface area contributed by atoms with Crippen LogP contribution < -0.4 is 4.72 Å². The summed E-state index contributed by atoms with van der Waals surface area (Å²) in [7, 11) is -4.17. The predicted molar refractivity (Wildman–Crippen MR) is 73.6 cm³/mol. The largest absolute Gasteiger partial charge is 0.307 e. The first-order valence-electron chi connectivity index (χ1n) is 5.23. The molecule has 0 fully saturated rings. The molecule has 0 bridgehead atoms. The van der Waals surface area contributed by atoms with E-state index in [4.69, 9.17) is 23.2 Å². The Morgan fingerprint density at radius 3 is 2.40 bits per heavy atom. The zero-order chi connectivity index (χ0) is 15.7. The smallest absolute Gasteiger partial charge is 0.298 e. The average molecular weight is 341 g/mol. The first kappa shape index (κ1) is 16.8. The van der Waals surface area contributed by atoms with Gasteiger partial charge in [0.1, 0.15) is 20.7 Å². The fourth-order valence-corrected chi connectivity index (χ4v) is 3.43. The summed E-state index contributed by atoms with van der Waals surface area (Å²) in [5, 5.41) is 9.93. The minimum Gasteiger partial charge on any atom is -0.298 e. The third-order valence-electron chi connectivity index (χ3n) is 2.45. The third kappa shape index (κ3) is 3.45. The van der Waals surface area contributed by atoms with Crippen LogP contribution in [0, 0.1) is 10.1 Å². The first-order valence-corrected chi connectivity index (χ1v) is 7.47. The second-order valence-corrected chi connectivity index (χ2v) is 6.39. The van der Waals surface area contributed by atoms with Gasteiger partial charge in [0, 0.05) is 0 Å². The molecule has 0 aromatic heterocycles. The molecule has 0 amide bonds. The normalized spacial score (nSPS) is 13.0. The van der Waals surface area contributed by atoms with E-state index >= 15 is 0 Å². The van der Waals surface area contributed by atoms with Crippen LogP contribution in [0.15, 0.2) is 17.0 Å². The summed E-state index contributed by atoms with van der Waals surface area (Å²) in [6.07, 6.45) is 0. The molecule has 7 nitrogen and oxygen atoms in total. The molecule has 1 aromatic rings. The van der Waals surface area contributed by atoms with Crippen LogP contribution in [0.1, 0.15) is 13.8 Å². The van der Waals surface area contributed by atoms with Gasteiger partial charge in [0.05, 0.1) is 11.0 Å². The predicted octanol–water partition coefficient (Wildman–Crippen LogP) is 2.16. The van der Waals surface area contributed by atoms with Crippen LogP contribution in [-0.2, 0) is 14.8 Å². The maximum atomic E-state index is 12.0. The molecule has 0 aliphatic heterocycles. The fraction of sp³-hybridized carbons (Fsp3) is 0.300. The molecule has 10 heteroatoms. The van der Waals surface area contributed by atoms with Crippen LogP contribution in [0.4, 0.5) is 5.69 Å². The van der Waals surface area contributed by atoms with Crippen molar-refractivity contribution in [2.24, 2.45) is 0 Å². The number of ketones is 1. The van der Waals surface area contributed by atoms with Crippen molar-refractivity contribution in [1.29, 1.82) is 0 Å². The van der Waals surface area contributed by atoms with Crippen molar-refractivity contribution in [3.63, 3.8) is 0 Å². The minimum atomic E-state index is -4.17. The number of nitro benzene ring substituents is 1. The van der Waals surface area contributed by atoms with E-state index in [0.717, 1.165) is 12.1 Å². The lowest BCUT2D eigenvalue weighted by Crippen LogP contribution is -2.37. The van der Waals surface area contributed by atoms with E-state index in [2.05, 4.69) is 4.72 Å². The van der Waals surface area contributed by atoms with Gasteiger partial charge >= 0.3 is 5.69 Å². The highest BCUT2D eigenvalue weighted by atomic mass is 35.5. The second-order valence-electron chi connectivity index (χ2n) is 3.92. The number of hydrogen-bond donors (Lipinski definition) is 1. The van der Waals surface area contributed by atoms with E-state index in [0.29, 0.717) is 0 Å². The molecule has 1 unspecified atom stereocenters. The number of nitrogens with one attached hydrogen (secondary N) is 1. The lowest BCUT2D eigenvalue weighted by molar-refractivity contribution is -0.384. The zero-order valence-corrected chi connectivity index (χ0v) is 12.7. The number of sulfonamides is 1. The molecule has 0 saturated carbocycles. The average Bonchev–Trinajstić information content (AvgIpc) is 2.26. The van der Waals surface area contributed by atoms with E-state index in [1.807, 2.05) is 0 Å². The van der Waals surface area contributed by atoms with Crippen molar-refractivity contribution in [3.8, 4) is 0 Å². The number of carbonyl (C=O) groups excluding carboxylic acids is 1. The molecule has 0 aliphatic rings. The van der Waals surface area contributed by atoms with Crippen molar-refractivity contribution in [3.05, 3.63) is 32.3 Å². The summed E-state index contributed by atoms with van der Waals surface area (Å²) in [6.45, 7) is 2.55. The Kier molecular flexibility index (Phi) is 5.09. The van der Waals surface area contributed by atoms with Gasteiger partial charge in [-0.15, -0.1) is 0 Å². The Bertz CT molecular complexity index is 674. The lowest BCUT2D eigenvalue weighted by Gasteiger charge is -2.12. The Labute approximate surface area is 125 Å². The van der Waals surface area contributed by atoms with Crippen LogP contribution in [0.5, 0.6) is 0 Å². The van der Waals surface area contributed by atoms with Crippen LogP contribution in [0.25, 0.3) is 0 Å². The molecular formula is C10H10Cl2N2O5S. The van der Waals surface area contributed by atoms with Crippen molar-refractivity contribution in [1.82, 2.24) is 4.72 Å². The summed E-state index contributed by atoms with van der Waals surface area (Å²) in [5.41, 5.74) is -0.702. The Morgan fingerprint density at radius 2 is 1.95 bits per heavy atom. The second kappa shape index (κ2) is 6.04. The molecule has 110 valence electrons. The summed E-state index contributed by atoms with van der Waals surface area (Å²) < 4.78 is 26.2. The standard InChI is InChI=1S/C10H10Cl2N2O5S/c1-5(6(2)15)13-20(18,19)8-4-3-7(11)10(9(8)12)14(16)17/h3-5,13H,1-2H3. The van der Waals surface area contributed by atoms with Gasteiger partial charge in [-0.25, -0.2) is 13.1 Å². The van der Waals surface area contributed by atoms with E-state index in [9.17, 15) is 23.3 Å². The maximum Gasteiger partial charge on any atom is 0.307 e. The monoisotopic (exact) mass is 340 g/mol. The van der Waals surface area contributed by atoms with Gasteiger partial charge in [-0.05, 0) is 26.0 Å². The number of halogens is 2. The van der Waals surface area contributed by atoms with Gasteiger partial charge < -0.3 is 0 Å². The molecular weight excluding hydrogens is 331 g/mol. The van der Waals surface area contributed by atoms with Crippen molar-refractivity contribution < 1.29 is 18.1 Å². The fourth-order valence-electron chi connectivity index (χ4n) is 1.28. The summed E-state index contributed by atoms with van der Waals surface area (Å²) >= 11 is 11.3. The van der Waals surface area contributed by atoms with Crippen molar-refractivity contribution in [2.45, 2.75) is 24.8 Å². The van der Waals surface area contributed by atoms with Gasteiger partial charge in [0.25, 0.3) is 0 Å².